The number of sulfonamides is 1. The molecule has 9 heteroatoms. The zero-order valence-electron chi connectivity index (χ0n) is 15.1. The molecule has 1 fully saturated rings. The number of halogens is 1. The second-order valence-electron chi connectivity index (χ2n) is 6.62. The van der Waals surface area contributed by atoms with E-state index in [1.165, 1.54) is 22.5 Å². The Morgan fingerprint density at radius 3 is 2.68 bits per heavy atom. The van der Waals surface area contributed by atoms with Crippen molar-refractivity contribution >= 4 is 44.3 Å². The number of hydrogen-bond acceptors (Lipinski definition) is 5. The lowest BCUT2D eigenvalue weighted by atomic mass is 10.2. The lowest BCUT2D eigenvalue weighted by Crippen LogP contribution is -2.28. The number of carbonyl (C=O) groups excluding carboxylic acids is 1. The fourth-order valence-corrected chi connectivity index (χ4v) is 4.98. The summed E-state index contributed by atoms with van der Waals surface area (Å²) in [6.07, 6.45) is 1.67. The number of aromatic nitrogens is 1. The predicted molar refractivity (Wildman–Crippen MR) is 106 cm³/mol. The molecule has 1 amide bonds. The van der Waals surface area contributed by atoms with Gasteiger partial charge in [-0.1, -0.05) is 11.6 Å². The standard InChI is InChI=1S/C19H18ClN3O4S/c1-12-21-17-10-13(4-7-18(17)27-12)22-19(24)15-11-14(5-6-16(15)20)28(25,26)23-8-2-3-9-23/h4-7,10-11H,2-3,8-9H2,1H3,(H,22,24). The van der Waals surface area contributed by atoms with Crippen LogP contribution in [0, 0.1) is 6.92 Å². The molecule has 1 aliphatic heterocycles. The highest BCUT2D eigenvalue weighted by molar-refractivity contribution is 7.89. The van der Waals surface area contributed by atoms with Gasteiger partial charge in [0.05, 0.1) is 15.5 Å². The molecule has 0 aliphatic carbocycles. The molecule has 0 saturated carbocycles. The highest BCUT2D eigenvalue weighted by Gasteiger charge is 2.28. The van der Waals surface area contributed by atoms with Crippen LogP contribution < -0.4 is 5.32 Å². The summed E-state index contributed by atoms with van der Waals surface area (Å²) in [6.45, 7) is 2.72. The van der Waals surface area contributed by atoms with E-state index >= 15 is 0 Å². The lowest BCUT2D eigenvalue weighted by Gasteiger charge is -2.16. The van der Waals surface area contributed by atoms with Gasteiger partial charge in [-0.25, -0.2) is 13.4 Å². The molecule has 0 atom stereocenters. The first kappa shape index (κ1) is 18.9. The average molecular weight is 420 g/mol. The Morgan fingerprint density at radius 1 is 1.18 bits per heavy atom. The minimum absolute atomic E-state index is 0.0616. The number of benzene rings is 2. The molecule has 2 heterocycles. The maximum Gasteiger partial charge on any atom is 0.257 e. The van der Waals surface area contributed by atoms with Crippen molar-refractivity contribution in [1.29, 1.82) is 0 Å². The Labute approximate surface area is 167 Å². The molecule has 2 aromatic carbocycles. The maximum atomic E-state index is 12.8. The van der Waals surface area contributed by atoms with E-state index in [0.717, 1.165) is 12.8 Å². The van der Waals surface area contributed by atoms with Crippen LogP contribution in [0.2, 0.25) is 5.02 Å². The number of carbonyl (C=O) groups is 1. The molecule has 4 rings (SSSR count). The van der Waals surface area contributed by atoms with Gasteiger partial charge in [-0.15, -0.1) is 0 Å². The Balaban J connectivity index is 1.62. The first-order valence-corrected chi connectivity index (χ1v) is 10.6. The summed E-state index contributed by atoms with van der Waals surface area (Å²) in [7, 11) is -3.64. The molecule has 1 aromatic heterocycles. The molecule has 0 bridgehead atoms. The number of amides is 1. The molecule has 146 valence electrons. The van der Waals surface area contributed by atoms with E-state index in [2.05, 4.69) is 10.3 Å². The largest absolute Gasteiger partial charge is 0.441 e. The van der Waals surface area contributed by atoms with Gasteiger partial charge in [0.1, 0.15) is 5.52 Å². The highest BCUT2D eigenvalue weighted by Crippen LogP contribution is 2.26. The Hall–Kier alpha value is -2.42. The van der Waals surface area contributed by atoms with E-state index in [0.29, 0.717) is 35.8 Å². The predicted octanol–water partition coefficient (Wildman–Crippen LogP) is 3.83. The number of oxazole rings is 1. The molecule has 3 aromatic rings. The van der Waals surface area contributed by atoms with Crippen molar-refractivity contribution in [1.82, 2.24) is 9.29 Å². The molecule has 0 radical (unpaired) electrons. The average Bonchev–Trinajstić information content (AvgIpc) is 3.30. The van der Waals surface area contributed by atoms with Crippen molar-refractivity contribution in [3.05, 3.63) is 52.9 Å². The summed E-state index contributed by atoms with van der Waals surface area (Å²) >= 11 is 6.17. The van der Waals surface area contributed by atoms with E-state index in [-0.39, 0.29) is 15.5 Å². The van der Waals surface area contributed by atoms with Crippen LogP contribution in [0.3, 0.4) is 0 Å². The molecule has 7 nitrogen and oxygen atoms in total. The van der Waals surface area contributed by atoms with Crippen LogP contribution in [0.4, 0.5) is 5.69 Å². The Morgan fingerprint density at radius 2 is 1.93 bits per heavy atom. The number of aryl methyl sites for hydroxylation is 1. The van der Waals surface area contributed by atoms with Crippen LogP contribution in [0.25, 0.3) is 11.1 Å². The van der Waals surface area contributed by atoms with Gasteiger partial charge < -0.3 is 9.73 Å². The van der Waals surface area contributed by atoms with E-state index in [4.69, 9.17) is 16.0 Å². The highest BCUT2D eigenvalue weighted by atomic mass is 35.5. The summed E-state index contributed by atoms with van der Waals surface area (Å²) in [5, 5.41) is 2.91. The normalized spacial score (nSPS) is 15.2. The van der Waals surface area contributed by atoms with Crippen LogP contribution in [-0.4, -0.2) is 36.7 Å². The molecular weight excluding hydrogens is 402 g/mol. The molecule has 1 saturated heterocycles. The van der Waals surface area contributed by atoms with Crippen LogP contribution in [0.1, 0.15) is 29.1 Å². The maximum absolute atomic E-state index is 12.8. The minimum atomic E-state index is -3.64. The van der Waals surface area contributed by atoms with E-state index < -0.39 is 15.9 Å². The van der Waals surface area contributed by atoms with Gasteiger partial charge in [-0.2, -0.15) is 4.31 Å². The van der Waals surface area contributed by atoms with Gasteiger partial charge in [-0.3, -0.25) is 4.79 Å². The number of rotatable bonds is 4. The fourth-order valence-electron chi connectivity index (χ4n) is 3.24. The number of fused-ring (bicyclic) bond motifs is 1. The number of hydrogen-bond donors (Lipinski definition) is 1. The van der Waals surface area contributed by atoms with Gasteiger partial charge in [0.25, 0.3) is 5.91 Å². The molecule has 0 unspecified atom stereocenters. The Bertz CT molecular complexity index is 1170. The van der Waals surface area contributed by atoms with E-state index in [1.807, 2.05) is 0 Å². The third kappa shape index (κ3) is 3.50. The summed E-state index contributed by atoms with van der Waals surface area (Å²) < 4.78 is 32.4. The van der Waals surface area contributed by atoms with Crippen LogP contribution in [0.15, 0.2) is 45.7 Å². The monoisotopic (exact) mass is 419 g/mol. The summed E-state index contributed by atoms with van der Waals surface area (Å²) in [6, 6.07) is 9.26. The second-order valence-corrected chi connectivity index (χ2v) is 8.97. The number of nitrogens with zero attached hydrogens (tertiary/aromatic N) is 2. The molecule has 1 N–H and O–H groups in total. The van der Waals surface area contributed by atoms with Gasteiger partial charge >= 0.3 is 0 Å². The third-order valence-electron chi connectivity index (χ3n) is 4.64. The van der Waals surface area contributed by atoms with Gasteiger partial charge in [0, 0.05) is 25.7 Å². The summed E-state index contributed by atoms with van der Waals surface area (Å²) in [5.41, 5.74) is 1.84. The van der Waals surface area contributed by atoms with Crippen molar-refractivity contribution in [2.24, 2.45) is 0 Å². The van der Waals surface area contributed by atoms with Crippen molar-refractivity contribution in [3.8, 4) is 0 Å². The van der Waals surface area contributed by atoms with Gasteiger partial charge in [0.15, 0.2) is 11.5 Å². The zero-order chi connectivity index (χ0) is 19.9. The van der Waals surface area contributed by atoms with Crippen molar-refractivity contribution in [3.63, 3.8) is 0 Å². The quantitative estimate of drug-likeness (QED) is 0.693. The van der Waals surface area contributed by atoms with E-state index in [1.54, 1.807) is 25.1 Å². The van der Waals surface area contributed by atoms with Crippen molar-refractivity contribution < 1.29 is 17.6 Å². The van der Waals surface area contributed by atoms with Crippen LogP contribution in [0.5, 0.6) is 0 Å². The first-order valence-electron chi connectivity index (χ1n) is 8.83. The fraction of sp³-hybridized carbons (Fsp3) is 0.263. The Kier molecular flexibility index (Phi) is 4.86. The molecular formula is C19H18ClN3O4S. The molecule has 1 aliphatic rings. The van der Waals surface area contributed by atoms with Crippen molar-refractivity contribution in [2.45, 2.75) is 24.7 Å². The zero-order valence-corrected chi connectivity index (χ0v) is 16.7. The lowest BCUT2D eigenvalue weighted by molar-refractivity contribution is 0.102. The number of nitrogens with one attached hydrogen (secondary N) is 1. The number of anilines is 1. The smallest absolute Gasteiger partial charge is 0.257 e. The first-order chi connectivity index (χ1) is 13.3. The molecule has 0 spiro atoms. The summed E-state index contributed by atoms with van der Waals surface area (Å²) in [4.78, 5) is 17.0. The second kappa shape index (κ2) is 7.20. The topological polar surface area (TPSA) is 92.5 Å². The molecule has 28 heavy (non-hydrogen) atoms. The minimum Gasteiger partial charge on any atom is -0.441 e. The van der Waals surface area contributed by atoms with Gasteiger partial charge in [0.2, 0.25) is 10.0 Å². The van der Waals surface area contributed by atoms with Crippen molar-refractivity contribution in [2.75, 3.05) is 18.4 Å². The third-order valence-corrected chi connectivity index (χ3v) is 6.86. The van der Waals surface area contributed by atoms with Gasteiger partial charge in [-0.05, 0) is 49.2 Å². The van der Waals surface area contributed by atoms with Crippen LogP contribution >= 0.6 is 11.6 Å². The van der Waals surface area contributed by atoms with E-state index in [9.17, 15) is 13.2 Å². The SMILES string of the molecule is Cc1nc2cc(NC(=O)c3cc(S(=O)(=O)N4CCCC4)ccc3Cl)ccc2o1. The van der Waals surface area contributed by atoms with Crippen LogP contribution in [-0.2, 0) is 10.0 Å². The summed E-state index contributed by atoms with van der Waals surface area (Å²) in [5.74, 6) is 0.0318.